The molecule has 0 amide bonds. The first-order valence-electron chi connectivity index (χ1n) is 6.71. The van der Waals surface area contributed by atoms with E-state index in [1.807, 2.05) is 0 Å². The van der Waals surface area contributed by atoms with E-state index in [4.69, 9.17) is 0 Å². The standard InChI is InChI=1S/C13H25NS/c1-11(12-7-8-12)14-9-10-15-13-5-3-2-4-6-13/h11-14H,2-10H2,1H3. The molecule has 0 heterocycles. The molecule has 0 radical (unpaired) electrons. The molecule has 2 rings (SSSR count). The third kappa shape index (κ3) is 4.36. The molecular weight excluding hydrogens is 202 g/mol. The van der Waals surface area contributed by atoms with Crippen molar-refractivity contribution < 1.29 is 0 Å². The molecule has 0 spiro atoms. The first-order valence-corrected chi connectivity index (χ1v) is 7.76. The summed E-state index contributed by atoms with van der Waals surface area (Å²) in [6.07, 6.45) is 10.3. The summed E-state index contributed by atoms with van der Waals surface area (Å²) in [6, 6.07) is 0.775. The van der Waals surface area contributed by atoms with Crippen LogP contribution in [0.15, 0.2) is 0 Å². The van der Waals surface area contributed by atoms with E-state index in [-0.39, 0.29) is 0 Å². The van der Waals surface area contributed by atoms with E-state index in [0.29, 0.717) is 0 Å². The largest absolute Gasteiger partial charge is 0.313 e. The zero-order valence-corrected chi connectivity index (χ0v) is 10.8. The molecule has 88 valence electrons. The Balaban J connectivity index is 1.46. The Bertz CT molecular complexity index is 173. The highest BCUT2D eigenvalue weighted by Crippen LogP contribution is 2.32. The molecule has 0 aromatic carbocycles. The first-order chi connectivity index (χ1) is 7.36. The second kappa shape index (κ2) is 6.15. The summed E-state index contributed by atoms with van der Waals surface area (Å²) in [4.78, 5) is 0. The van der Waals surface area contributed by atoms with Gasteiger partial charge in [0.2, 0.25) is 0 Å². The van der Waals surface area contributed by atoms with Gasteiger partial charge in [-0.2, -0.15) is 11.8 Å². The Morgan fingerprint density at radius 1 is 1.13 bits per heavy atom. The fourth-order valence-electron chi connectivity index (χ4n) is 2.51. The lowest BCUT2D eigenvalue weighted by atomic mass is 10.0. The molecule has 15 heavy (non-hydrogen) atoms. The van der Waals surface area contributed by atoms with Gasteiger partial charge in [-0.25, -0.2) is 0 Å². The Morgan fingerprint density at radius 2 is 1.87 bits per heavy atom. The topological polar surface area (TPSA) is 12.0 Å². The number of nitrogens with one attached hydrogen (secondary N) is 1. The minimum atomic E-state index is 0.775. The van der Waals surface area contributed by atoms with E-state index < -0.39 is 0 Å². The lowest BCUT2D eigenvalue weighted by Gasteiger charge is -2.21. The summed E-state index contributed by atoms with van der Waals surface area (Å²) < 4.78 is 0. The molecule has 2 fully saturated rings. The van der Waals surface area contributed by atoms with Crippen molar-refractivity contribution in [1.29, 1.82) is 0 Å². The van der Waals surface area contributed by atoms with Crippen LogP contribution in [0, 0.1) is 5.92 Å². The molecule has 1 nitrogen and oxygen atoms in total. The van der Waals surface area contributed by atoms with Crippen LogP contribution in [0.25, 0.3) is 0 Å². The van der Waals surface area contributed by atoms with Gasteiger partial charge in [0.15, 0.2) is 0 Å². The maximum absolute atomic E-state index is 3.66. The van der Waals surface area contributed by atoms with Gasteiger partial charge < -0.3 is 5.32 Å². The highest BCUT2D eigenvalue weighted by Gasteiger charge is 2.27. The molecular formula is C13H25NS. The van der Waals surface area contributed by atoms with Crippen LogP contribution in [0.3, 0.4) is 0 Å². The minimum absolute atomic E-state index is 0.775. The van der Waals surface area contributed by atoms with Crippen molar-refractivity contribution in [3.05, 3.63) is 0 Å². The lowest BCUT2D eigenvalue weighted by Crippen LogP contribution is -2.30. The molecule has 1 atom stereocenters. The average molecular weight is 227 g/mol. The lowest BCUT2D eigenvalue weighted by molar-refractivity contribution is 0.507. The molecule has 0 saturated heterocycles. The van der Waals surface area contributed by atoms with Crippen LogP contribution >= 0.6 is 11.8 Å². The van der Waals surface area contributed by atoms with Crippen LogP contribution in [-0.4, -0.2) is 23.6 Å². The first kappa shape index (κ1) is 11.8. The highest BCUT2D eigenvalue weighted by molar-refractivity contribution is 7.99. The van der Waals surface area contributed by atoms with Gasteiger partial charge in [-0.1, -0.05) is 19.3 Å². The van der Waals surface area contributed by atoms with Crippen LogP contribution < -0.4 is 5.32 Å². The van der Waals surface area contributed by atoms with Crippen molar-refractivity contribution in [2.45, 2.75) is 63.2 Å². The smallest absolute Gasteiger partial charge is 0.00673 e. The van der Waals surface area contributed by atoms with Gasteiger partial charge in [0.05, 0.1) is 0 Å². The molecule has 1 N–H and O–H groups in total. The summed E-state index contributed by atoms with van der Waals surface area (Å²) in [5.41, 5.74) is 0. The van der Waals surface area contributed by atoms with E-state index in [0.717, 1.165) is 17.2 Å². The van der Waals surface area contributed by atoms with E-state index in [2.05, 4.69) is 24.0 Å². The summed E-state index contributed by atoms with van der Waals surface area (Å²) in [7, 11) is 0. The summed E-state index contributed by atoms with van der Waals surface area (Å²) in [5.74, 6) is 2.33. The summed E-state index contributed by atoms with van der Waals surface area (Å²) in [5, 5.41) is 4.65. The maximum atomic E-state index is 3.66. The molecule has 0 aromatic rings. The molecule has 2 heteroatoms. The second-order valence-corrected chi connectivity index (χ2v) is 6.62. The van der Waals surface area contributed by atoms with Crippen LogP contribution in [0.4, 0.5) is 0 Å². The van der Waals surface area contributed by atoms with E-state index in [1.165, 1.54) is 57.2 Å². The van der Waals surface area contributed by atoms with Crippen molar-refractivity contribution in [1.82, 2.24) is 5.32 Å². The zero-order chi connectivity index (χ0) is 10.5. The van der Waals surface area contributed by atoms with Crippen LogP contribution in [0.1, 0.15) is 51.9 Å². The van der Waals surface area contributed by atoms with Crippen molar-refractivity contribution in [2.24, 2.45) is 5.92 Å². The zero-order valence-electron chi connectivity index (χ0n) is 10.0. The monoisotopic (exact) mass is 227 g/mol. The van der Waals surface area contributed by atoms with Crippen LogP contribution in [0.2, 0.25) is 0 Å². The van der Waals surface area contributed by atoms with Gasteiger partial charge in [-0.15, -0.1) is 0 Å². The van der Waals surface area contributed by atoms with Crippen LogP contribution in [0.5, 0.6) is 0 Å². The van der Waals surface area contributed by atoms with Gasteiger partial charge in [-0.05, 0) is 38.5 Å². The van der Waals surface area contributed by atoms with Gasteiger partial charge >= 0.3 is 0 Å². The Labute approximate surface area is 98.8 Å². The average Bonchev–Trinajstić information content (AvgIpc) is 3.09. The van der Waals surface area contributed by atoms with Crippen LogP contribution in [-0.2, 0) is 0 Å². The van der Waals surface area contributed by atoms with Crippen molar-refractivity contribution in [2.75, 3.05) is 12.3 Å². The summed E-state index contributed by atoms with van der Waals surface area (Å²) >= 11 is 2.21. The third-order valence-electron chi connectivity index (χ3n) is 3.80. The second-order valence-electron chi connectivity index (χ2n) is 5.21. The Morgan fingerprint density at radius 3 is 2.53 bits per heavy atom. The fraction of sp³-hybridized carbons (Fsp3) is 1.00. The molecule has 2 aliphatic carbocycles. The molecule has 1 unspecified atom stereocenters. The van der Waals surface area contributed by atoms with E-state index in [9.17, 15) is 0 Å². The maximum Gasteiger partial charge on any atom is 0.00673 e. The number of hydrogen-bond donors (Lipinski definition) is 1. The summed E-state index contributed by atoms with van der Waals surface area (Å²) in [6.45, 7) is 3.57. The van der Waals surface area contributed by atoms with Crippen molar-refractivity contribution in [3.63, 3.8) is 0 Å². The van der Waals surface area contributed by atoms with Gasteiger partial charge in [0.1, 0.15) is 0 Å². The number of thioether (sulfide) groups is 1. The normalized spacial score (nSPS) is 25.4. The molecule has 2 aliphatic rings. The molecule has 0 bridgehead atoms. The number of hydrogen-bond acceptors (Lipinski definition) is 2. The van der Waals surface area contributed by atoms with E-state index >= 15 is 0 Å². The SMILES string of the molecule is CC(NCCSC1CCCCC1)C1CC1. The highest BCUT2D eigenvalue weighted by atomic mass is 32.2. The Kier molecular flexibility index (Phi) is 4.83. The van der Waals surface area contributed by atoms with Gasteiger partial charge in [0.25, 0.3) is 0 Å². The van der Waals surface area contributed by atoms with Gasteiger partial charge in [0, 0.05) is 23.6 Å². The minimum Gasteiger partial charge on any atom is -0.313 e. The fourth-order valence-corrected chi connectivity index (χ4v) is 3.74. The third-order valence-corrected chi connectivity index (χ3v) is 5.19. The Hall–Kier alpha value is 0.310. The molecule has 0 aromatic heterocycles. The number of rotatable bonds is 6. The predicted molar refractivity (Wildman–Crippen MR) is 69.5 cm³/mol. The molecule has 0 aliphatic heterocycles. The van der Waals surface area contributed by atoms with Crippen molar-refractivity contribution in [3.8, 4) is 0 Å². The molecule has 2 saturated carbocycles. The van der Waals surface area contributed by atoms with Crippen molar-refractivity contribution >= 4 is 11.8 Å². The quantitative estimate of drug-likeness (QED) is 0.698. The van der Waals surface area contributed by atoms with Gasteiger partial charge in [-0.3, -0.25) is 0 Å². The predicted octanol–water partition coefficient (Wildman–Crippen LogP) is 3.44. The van der Waals surface area contributed by atoms with E-state index in [1.54, 1.807) is 0 Å².